The zero-order valence-electron chi connectivity index (χ0n) is 7.40. The van der Waals surface area contributed by atoms with E-state index in [0.717, 1.165) is 5.69 Å². The van der Waals surface area contributed by atoms with Crippen molar-refractivity contribution < 1.29 is 8.49 Å². The number of anilines is 1. The second kappa shape index (κ2) is 3.71. The van der Waals surface area contributed by atoms with Gasteiger partial charge in [-0.25, -0.2) is 19.5 Å². The third-order valence-corrected chi connectivity index (χ3v) is 1.59. The number of hydrogen-bond acceptors (Lipinski definition) is 5. The van der Waals surface area contributed by atoms with Crippen LogP contribution < -0.4 is 5.48 Å². The SMILES string of the molecule is Cc1cccc(NOS(C)(=N)=O)n1. The summed E-state index contributed by atoms with van der Waals surface area (Å²) in [7, 11) is -2.99. The fourth-order valence-electron chi connectivity index (χ4n) is 0.722. The Balaban J connectivity index is 2.65. The normalized spacial score (nSPS) is 14.9. The van der Waals surface area contributed by atoms with Gasteiger partial charge in [0, 0.05) is 11.9 Å². The Labute approximate surface area is 77.3 Å². The summed E-state index contributed by atoms with van der Waals surface area (Å²) in [5, 5.41) is 0. The van der Waals surface area contributed by atoms with Crippen LogP contribution in [0.1, 0.15) is 5.69 Å². The fourth-order valence-corrected chi connectivity index (χ4v) is 0.966. The maximum atomic E-state index is 10.8. The molecule has 72 valence electrons. The molecule has 0 saturated heterocycles. The highest BCUT2D eigenvalue weighted by molar-refractivity contribution is 7.87. The Kier molecular flexibility index (Phi) is 2.84. The zero-order chi connectivity index (χ0) is 9.90. The second-order valence-electron chi connectivity index (χ2n) is 2.62. The summed E-state index contributed by atoms with van der Waals surface area (Å²) < 4.78 is 22.3. The van der Waals surface area contributed by atoms with Gasteiger partial charge in [0.2, 0.25) is 0 Å². The second-order valence-corrected chi connectivity index (χ2v) is 4.33. The van der Waals surface area contributed by atoms with Gasteiger partial charge < -0.3 is 0 Å². The number of pyridine rings is 1. The first-order chi connectivity index (χ1) is 5.97. The quantitative estimate of drug-likeness (QED) is 0.723. The van der Waals surface area contributed by atoms with Gasteiger partial charge in [-0.15, -0.1) is 0 Å². The van der Waals surface area contributed by atoms with Gasteiger partial charge >= 0.3 is 0 Å². The van der Waals surface area contributed by atoms with Crippen LogP contribution in [0.15, 0.2) is 18.2 Å². The molecule has 13 heavy (non-hydrogen) atoms. The molecule has 0 aromatic carbocycles. The van der Waals surface area contributed by atoms with Crippen LogP contribution in [-0.2, 0) is 14.3 Å². The van der Waals surface area contributed by atoms with E-state index in [9.17, 15) is 4.21 Å². The van der Waals surface area contributed by atoms with Gasteiger partial charge in [0.15, 0.2) is 15.8 Å². The molecular weight excluding hydrogens is 190 g/mol. The van der Waals surface area contributed by atoms with E-state index in [-0.39, 0.29) is 0 Å². The highest BCUT2D eigenvalue weighted by atomic mass is 32.2. The number of nitrogens with zero attached hydrogens (tertiary/aromatic N) is 1. The fraction of sp³-hybridized carbons (Fsp3) is 0.286. The van der Waals surface area contributed by atoms with Crippen molar-refractivity contribution in [1.29, 1.82) is 4.78 Å². The summed E-state index contributed by atoms with van der Waals surface area (Å²) in [4.78, 5) is 4.03. The highest BCUT2D eigenvalue weighted by Crippen LogP contribution is 2.04. The van der Waals surface area contributed by atoms with Crippen LogP contribution in [0.3, 0.4) is 0 Å². The molecule has 0 radical (unpaired) electrons. The molecule has 1 atom stereocenters. The van der Waals surface area contributed by atoms with E-state index in [0.29, 0.717) is 5.82 Å². The summed E-state index contributed by atoms with van der Waals surface area (Å²) in [6, 6.07) is 5.28. The van der Waals surface area contributed by atoms with Gasteiger partial charge in [-0.1, -0.05) is 6.07 Å². The summed E-state index contributed by atoms with van der Waals surface area (Å²) in [6.07, 6.45) is 1.18. The van der Waals surface area contributed by atoms with Crippen LogP contribution >= 0.6 is 0 Å². The molecule has 6 heteroatoms. The Morgan fingerprint density at radius 3 is 2.85 bits per heavy atom. The van der Waals surface area contributed by atoms with E-state index in [1.165, 1.54) is 6.26 Å². The Morgan fingerprint density at radius 2 is 2.31 bits per heavy atom. The third-order valence-electron chi connectivity index (χ3n) is 1.19. The molecule has 2 N–H and O–H groups in total. The lowest BCUT2D eigenvalue weighted by Crippen LogP contribution is -2.08. The van der Waals surface area contributed by atoms with Crippen LogP contribution in [0.4, 0.5) is 5.82 Å². The largest absolute Gasteiger partial charge is 0.234 e. The molecule has 1 aromatic rings. The van der Waals surface area contributed by atoms with Crippen LogP contribution in [-0.4, -0.2) is 15.4 Å². The minimum Gasteiger partial charge on any atom is -0.234 e. The van der Waals surface area contributed by atoms with Crippen molar-refractivity contribution in [3.8, 4) is 0 Å². The zero-order valence-corrected chi connectivity index (χ0v) is 8.22. The van der Waals surface area contributed by atoms with E-state index in [1.807, 2.05) is 13.0 Å². The van der Waals surface area contributed by atoms with Gasteiger partial charge in [-0.2, -0.15) is 4.28 Å². The molecule has 0 aliphatic rings. The smallest absolute Gasteiger partial charge is 0.179 e. The average molecular weight is 201 g/mol. The number of nitrogens with one attached hydrogen (secondary N) is 2. The first kappa shape index (κ1) is 9.94. The molecule has 0 spiro atoms. The van der Waals surface area contributed by atoms with Crippen molar-refractivity contribution in [3.05, 3.63) is 23.9 Å². The minimum absolute atomic E-state index is 0.446. The van der Waals surface area contributed by atoms with Crippen molar-refractivity contribution in [3.63, 3.8) is 0 Å². The Bertz CT molecular complexity index is 388. The molecule has 1 aromatic heterocycles. The molecular formula is C7H11N3O2S. The molecule has 1 unspecified atom stereocenters. The highest BCUT2D eigenvalue weighted by Gasteiger charge is 1.98. The van der Waals surface area contributed by atoms with Crippen LogP contribution in [0.5, 0.6) is 0 Å². The average Bonchev–Trinajstić information content (AvgIpc) is 2.00. The molecule has 5 nitrogen and oxygen atoms in total. The summed E-state index contributed by atoms with van der Waals surface area (Å²) >= 11 is 0. The van der Waals surface area contributed by atoms with E-state index in [4.69, 9.17) is 4.78 Å². The van der Waals surface area contributed by atoms with E-state index in [1.54, 1.807) is 12.1 Å². The van der Waals surface area contributed by atoms with E-state index in [2.05, 4.69) is 14.7 Å². The van der Waals surface area contributed by atoms with Crippen molar-refractivity contribution in [2.75, 3.05) is 11.7 Å². The summed E-state index contributed by atoms with van der Waals surface area (Å²) in [5.41, 5.74) is 3.17. The lowest BCUT2D eigenvalue weighted by molar-refractivity contribution is 0.426. The van der Waals surface area contributed by atoms with E-state index < -0.39 is 10.0 Å². The number of hydrogen-bond donors (Lipinski definition) is 2. The Hall–Kier alpha value is -1.14. The first-order valence-corrected chi connectivity index (χ1v) is 5.48. The maximum Gasteiger partial charge on any atom is 0.179 e. The van der Waals surface area contributed by atoms with Gasteiger partial charge in [-0.3, -0.25) is 0 Å². The minimum atomic E-state index is -2.99. The number of rotatable bonds is 3. The monoisotopic (exact) mass is 201 g/mol. The lowest BCUT2D eigenvalue weighted by Gasteiger charge is -2.04. The number of aryl methyl sites for hydroxylation is 1. The third kappa shape index (κ3) is 3.86. The molecule has 0 aliphatic carbocycles. The summed E-state index contributed by atoms with van der Waals surface area (Å²) in [6.45, 7) is 1.83. The van der Waals surface area contributed by atoms with Crippen LogP contribution in [0.25, 0.3) is 0 Å². The standard InChI is InChI=1S/C7H11N3O2S/c1-6-4-3-5-7(9-6)10-12-13(2,8)11/h3-5,8H,1-2H3,(H,9,10). The first-order valence-electron chi connectivity index (χ1n) is 3.59. The van der Waals surface area contributed by atoms with Crippen molar-refractivity contribution in [1.82, 2.24) is 4.98 Å². The van der Waals surface area contributed by atoms with Crippen LogP contribution in [0, 0.1) is 11.7 Å². The van der Waals surface area contributed by atoms with Crippen molar-refractivity contribution >= 4 is 15.8 Å². The molecule has 1 heterocycles. The maximum absolute atomic E-state index is 10.8. The molecule has 0 aliphatic heterocycles. The van der Waals surface area contributed by atoms with Crippen molar-refractivity contribution in [2.45, 2.75) is 6.92 Å². The number of aromatic nitrogens is 1. The summed E-state index contributed by atoms with van der Waals surface area (Å²) in [5.74, 6) is 0.446. The van der Waals surface area contributed by atoms with Gasteiger partial charge in [0.25, 0.3) is 0 Å². The van der Waals surface area contributed by atoms with Gasteiger partial charge in [0.1, 0.15) is 0 Å². The molecule has 0 saturated carbocycles. The molecule has 0 fully saturated rings. The van der Waals surface area contributed by atoms with Gasteiger partial charge in [0.05, 0.1) is 0 Å². The Morgan fingerprint density at radius 1 is 1.62 bits per heavy atom. The molecule has 0 bridgehead atoms. The molecule has 1 rings (SSSR count). The predicted molar refractivity (Wildman–Crippen MR) is 50.5 cm³/mol. The topological polar surface area (TPSA) is 75.1 Å². The van der Waals surface area contributed by atoms with Gasteiger partial charge in [-0.05, 0) is 19.1 Å². The van der Waals surface area contributed by atoms with Crippen LogP contribution in [0.2, 0.25) is 0 Å². The van der Waals surface area contributed by atoms with Crippen molar-refractivity contribution in [2.24, 2.45) is 0 Å². The molecule has 0 amide bonds. The predicted octanol–water partition coefficient (Wildman–Crippen LogP) is 1.33. The lowest BCUT2D eigenvalue weighted by atomic mass is 10.4. The van der Waals surface area contributed by atoms with E-state index >= 15 is 0 Å².